The average molecular weight is 591 g/mol. The monoisotopic (exact) mass is 590 g/mol. The highest BCUT2D eigenvalue weighted by atomic mass is 32.1. The van der Waals surface area contributed by atoms with Crippen LogP contribution < -0.4 is 18.9 Å². The Morgan fingerprint density at radius 2 is 0.690 bits per heavy atom. The van der Waals surface area contributed by atoms with Crippen molar-refractivity contribution in [1.29, 1.82) is 0 Å². The minimum atomic E-state index is 0.836. The van der Waals surface area contributed by atoms with Crippen LogP contribution in [0, 0.1) is 0 Å². The Bertz CT molecular complexity index is 2010. The Hall–Kier alpha value is -4.66. The number of thiophene rings is 2. The number of rotatable bonds is 6. The maximum absolute atomic E-state index is 5.56. The zero-order valence-electron chi connectivity index (χ0n) is 23.4. The molecule has 0 aliphatic heterocycles. The molecule has 0 fully saturated rings. The maximum Gasteiger partial charge on any atom is 0.119 e. The quantitative estimate of drug-likeness (QED) is 0.194. The van der Waals surface area contributed by atoms with Crippen molar-refractivity contribution >= 4 is 75.7 Å². The molecule has 0 bridgehead atoms. The minimum absolute atomic E-state index is 0.836. The zero-order chi connectivity index (χ0) is 28.5. The third kappa shape index (κ3) is 3.62. The molecule has 4 aromatic carbocycles. The molecule has 8 heteroatoms. The van der Waals surface area contributed by atoms with E-state index >= 15 is 0 Å². The molecule has 0 aliphatic rings. The molecule has 0 spiro atoms. The molecule has 0 saturated carbocycles. The van der Waals surface area contributed by atoms with Gasteiger partial charge in [-0.15, -0.1) is 22.7 Å². The van der Waals surface area contributed by atoms with E-state index in [1.54, 1.807) is 51.1 Å². The third-order valence-electron chi connectivity index (χ3n) is 7.98. The number of hydrogen-bond donors (Lipinski definition) is 0. The van der Waals surface area contributed by atoms with Gasteiger partial charge in [0.25, 0.3) is 0 Å². The summed E-state index contributed by atoms with van der Waals surface area (Å²) in [4.78, 5) is 0. The molecule has 0 aliphatic carbocycles. The van der Waals surface area contributed by atoms with Crippen LogP contribution in [0.15, 0.2) is 84.9 Å². The molecule has 0 unspecified atom stereocenters. The molecule has 0 N–H and O–H groups in total. The molecule has 4 heterocycles. The number of fused-ring (bicyclic) bond motifs is 7. The van der Waals surface area contributed by atoms with Crippen LogP contribution in [0.2, 0.25) is 0 Å². The van der Waals surface area contributed by atoms with Gasteiger partial charge >= 0.3 is 0 Å². The van der Waals surface area contributed by atoms with Crippen LogP contribution in [0.3, 0.4) is 0 Å². The lowest BCUT2D eigenvalue weighted by atomic mass is 10.1. The van der Waals surface area contributed by atoms with E-state index in [4.69, 9.17) is 18.9 Å². The predicted octanol–water partition coefficient (Wildman–Crippen LogP) is 9.19. The predicted molar refractivity (Wildman–Crippen MR) is 175 cm³/mol. The Kier molecular flexibility index (Phi) is 5.64. The van der Waals surface area contributed by atoms with Crippen molar-refractivity contribution in [2.75, 3.05) is 28.4 Å². The Balaban J connectivity index is 1.32. The van der Waals surface area contributed by atoms with Crippen LogP contribution in [0.5, 0.6) is 23.0 Å². The summed E-state index contributed by atoms with van der Waals surface area (Å²) in [5.74, 6) is 3.34. The third-order valence-corrected chi connectivity index (χ3v) is 10.2. The van der Waals surface area contributed by atoms with Crippen molar-refractivity contribution < 1.29 is 18.9 Å². The van der Waals surface area contributed by atoms with E-state index in [2.05, 4.69) is 69.8 Å². The Morgan fingerprint density at radius 3 is 0.952 bits per heavy atom. The van der Waals surface area contributed by atoms with Gasteiger partial charge in [0, 0.05) is 30.9 Å². The lowest BCUT2D eigenvalue weighted by molar-refractivity contribution is 0.415. The molecular formula is C34H26N2O4S2. The van der Waals surface area contributed by atoms with Crippen LogP contribution >= 0.6 is 22.7 Å². The van der Waals surface area contributed by atoms with Crippen LogP contribution in [0.25, 0.3) is 63.0 Å². The second-order valence-corrected chi connectivity index (χ2v) is 12.2. The van der Waals surface area contributed by atoms with E-state index in [-0.39, 0.29) is 0 Å². The van der Waals surface area contributed by atoms with Gasteiger partial charge in [0.05, 0.1) is 50.5 Å². The summed E-state index contributed by atoms with van der Waals surface area (Å²) in [6, 6.07) is 29.7. The zero-order valence-corrected chi connectivity index (χ0v) is 25.1. The van der Waals surface area contributed by atoms with Crippen molar-refractivity contribution in [1.82, 2.24) is 9.13 Å². The number of benzene rings is 4. The highest BCUT2D eigenvalue weighted by molar-refractivity contribution is 7.30. The van der Waals surface area contributed by atoms with Crippen molar-refractivity contribution in [3.63, 3.8) is 0 Å². The highest BCUT2D eigenvalue weighted by Gasteiger charge is 2.19. The number of methoxy groups -OCH3 is 4. The molecule has 4 aromatic heterocycles. The van der Waals surface area contributed by atoms with E-state index in [1.807, 2.05) is 24.3 Å². The molecule has 0 radical (unpaired) electrons. The fraction of sp³-hybridized carbons (Fsp3) is 0.118. The average Bonchev–Trinajstić information content (AvgIpc) is 3.77. The van der Waals surface area contributed by atoms with Crippen molar-refractivity contribution in [3.05, 3.63) is 84.9 Å². The van der Waals surface area contributed by atoms with Gasteiger partial charge < -0.3 is 28.1 Å². The van der Waals surface area contributed by atoms with Crippen molar-refractivity contribution in [2.24, 2.45) is 0 Å². The minimum Gasteiger partial charge on any atom is -0.497 e. The van der Waals surface area contributed by atoms with E-state index < -0.39 is 0 Å². The molecule has 208 valence electrons. The maximum atomic E-state index is 5.56. The molecule has 42 heavy (non-hydrogen) atoms. The summed E-state index contributed by atoms with van der Waals surface area (Å²) in [5, 5.41) is 6.90. The largest absolute Gasteiger partial charge is 0.497 e. The Morgan fingerprint density at radius 1 is 0.405 bits per heavy atom. The fourth-order valence-corrected chi connectivity index (χ4v) is 8.42. The molecule has 0 amide bonds. The van der Waals surface area contributed by atoms with Crippen molar-refractivity contribution in [2.45, 2.75) is 0 Å². The summed E-state index contributed by atoms with van der Waals surface area (Å²) in [5.41, 5.74) is 4.55. The van der Waals surface area contributed by atoms with E-state index in [0.29, 0.717) is 0 Å². The van der Waals surface area contributed by atoms with Crippen LogP contribution in [-0.2, 0) is 0 Å². The van der Waals surface area contributed by atoms with Gasteiger partial charge in [-0.1, -0.05) is 0 Å². The SMILES string of the molecule is COc1ccc2c(c1)c1cc(OC)ccc1n2-c1cc2sc(-n3c4ccc(OC)cc4c4cc(OC)ccc43)cc2s1. The van der Waals surface area contributed by atoms with Crippen LogP contribution in [0.4, 0.5) is 0 Å². The highest BCUT2D eigenvalue weighted by Crippen LogP contribution is 2.44. The number of aromatic nitrogens is 2. The molecule has 6 nitrogen and oxygen atoms in total. The topological polar surface area (TPSA) is 46.8 Å². The second kappa shape index (κ2) is 9.44. The first kappa shape index (κ1) is 25.1. The molecule has 8 aromatic rings. The molecule has 8 rings (SSSR count). The fourth-order valence-electron chi connectivity index (χ4n) is 5.98. The van der Waals surface area contributed by atoms with Gasteiger partial charge in [0.15, 0.2) is 0 Å². The Labute approximate surface area is 249 Å². The lowest BCUT2D eigenvalue weighted by Crippen LogP contribution is -1.91. The molecule has 0 atom stereocenters. The van der Waals surface area contributed by atoms with E-state index in [9.17, 15) is 0 Å². The second-order valence-electron chi connectivity index (χ2n) is 10.1. The van der Waals surface area contributed by atoms with Crippen molar-refractivity contribution in [3.8, 4) is 33.0 Å². The van der Waals surface area contributed by atoms with Gasteiger partial charge in [0.2, 0.25) is 0 Å². The summed E-state index contributed by atoms with van der Waals surface area (Å²) in [7, 11) is 6.82. The van der Waals surface area contributed by atoms with Gasteiger partial charge in [-0.25, -0.2) is 0 Å². The van der Waals surface area contributed by atoms with Crippen LogP contribution in [-0.4, -0.2) is 37.6 Å². The van der Waals surface area contributed by atoms with E-state index in [0.717, 1.165) is 66.6 Å². The number of nitrogens with zero attached hydrogens (tertiary/aromatic N) is 2. The normalized spacial score (nSPS) is 11.8. The smallest absolute Gasteiger partial charge is 0.119 e. The standard InChI is InChI=1S/C34H26N2O4S2/c1-37-19-5-9-27-23(13-19)24-14-20(38-2)6-10-28(24)35(27)33-17-31-32(41-33)18-34(42-31)36-29-11-7-21(39-3)15-25(29)26-16-22(40-4)8-12-30(26)36/h5-18H,1-4H3. The molecular weight excluding hydrogens is 565 g/mol. The number of ether oxygens (including phenoxy) is 4. The first-order valence-electron chi connectivity index (χ1n) is 13.5. The summed E-state index contributed by atoms with van der Waals surface area (Å²) >= 11 is 3.61. The number of hydrogen-bond acceptors (Lipinski definition) is 6. The first-order valence-corrected chi connectivity index (χ1v) is 15.1. The first-order chi connectivity index (χ1) is 20.6. The van der Waals surface area contributed by atoms with Gasteiger partial charge in [-0.3, -0.25) is 0 Å². The van der Waals surface area contributed by atoms with E-state index in [1.165, 1.54) is 19.4 Å². The van der Waals surface area contributed by atoms with Gasteiger partial charge in [-0.2, -0.15) is 0 Å². The summed E-state index contributed by atoms with van der Waals surface area (Å²) in [6.07, 6.45) is 0. The summed E-state index contributed by atoms with van der Waals surface area (Å²) < 4.78 is 29.4. The molecule has 0 saturated heterocycles. The summed E-state index contributed by atoms with van der Waals surface area (Å²) in [6.45, 7) is 0. The van der Waals surface area contributed by atoms with Gasteiger partial charge in [0.1, 0.15) is 33.0 Å². The lowest BCUT2D eigenvalue weighted by Gasteiger charge is -2.06. The van der Waals surface area contributed by atoms with Crippen LogP contribution in [0.1, 0.15) is 0 Å². The van der Waals surface area contributed by atoms with Gasteiger partial charge in [-0.05, 0) is 84.9 Å².